The van der Waals surface area contributed by atoms with Crippen LogP contribution in [0.15, 0.2) is 60.7 Å². The van der Waals surface area contributed by atoms with Crippen molar-refractivity contribution in [3.8, 4) is 17.0 Å². The van der Waals surface area contributed by atoms with Crippen LogP contribution in [0.3, 0.4) is 0 Å². The highest BCUT2D eigenvalue weighted by Gasteiger charge is 2.51. The minimum Gasteiger partial charge on any atom is -0.465 e. The lowest BCUT2D eigenvalue weighted by Gasteiger charge is -2.31. The van der Waals surface area contributed by atoms with Crippen molar-refractivity contribution in [1.29, 1.82) is 0 Å². The number of alkyl halides is 4. The number of benzene rings is 3. The molecule has 0 spiro atoms. The largest absolute Gasteiger partial charge is 0.465 e. The molecule has 3 heterocycles. The first kappa shape index (κ1) is 43.4. The van der Waals surface area contributed by atoms with E-state index in [4.69, 9.17) is 14.2 Å². The first-order chi connectivity index (χ1) is 28.3. The van der Waals surface area contributed by atoms with Gasteiger partial charge in [-0.15, -0.1) is 0 Å². The van der Waals surface area contributed by atoms with Crippen molar-refractivity contribution < 1.29 is 59.7 Å². The number of nitrogens with zero attached hydrogens (tertiary/aromatic N) is 2. The molecule has 3 aliphatic rings. The summed E-state index contributed by atoms with van der Waals surface area (Å²) in [5, 5.41) is 5.85. The van der Waals surface area contributed by atoms with Crippen LogP contribution >= 0.6 is 0 Å². The molecular formula is C44H46F6N4O7. The summed E-state index contributed by atoms with van der Waals surface area (Å²) in [4.78, 5) is 53.1. The lowest BCUT2D eigenvalue weighted by molar-refractivity contribution is -0.163. The van der Waals surface area contributed by atoms with Gasteiger partial charge in [-0.05, 0) is 103 Å². The quantitative estimate of drug-likeness (QED) is 0.112. The van der Waals surface area contributed by atoms with Gasteiger partial charge in [-0.2, -0.15) is 0 Å². The van der Waals surface area contributed by atoms with Crippen molar-refractivity contribution >= 4 is 46.2 Å². The molecule has 326 valence electrons. The van der Waals surface area contributed by atoms with Crippen LogP contribution in [-0.4, -0.2) is 69.0 Å². The summed E-state index contributed by atoms with van der Waals surface area (Å²) in [5.41, 5.74) is 0.0841. The average molecular weight is 857 g/mol. The molecule has 3 aromatic carbocycles. The molecule has 17 heteroatoms. The zero-order valence-corrected chi connectivity index (χ0v) is 34.3. The standard InChI is InChI=1S/C44H46F6N4O7/c1-41(2,3)60-39(57)24-8-7-23(19-43(47,48)20-24)36(55)51-29-10-12-32-25(15-29)16-33-31-11-9-30(18-35(31)59-38(54(32)33)26-13-27(45)17-28(46)14-26)52-37(56)34-21-44(49,50)22-53(34)40(58)61-42(4,5)6/h9-18,23-24,34,38H,7-8,19-22H2,1-6H3,(H,51,55)(H,52,56)/t23-,24?,34-,38?/m0/s1. The van der Waals surface area contributed by atoms with E-state index in [9.17, 15) is 36.7 Å². The second-order valence-corrected chi connectivity index (χ2v) is 18.0. The average Bonchev–Trinajstić information content (AvgIpc) is 3.61. The van der Waals surface area contributed by atoms with Crippen LogP contribution in [0.1, 0.15) is 85.4 Å². The van der Waals surface area contributed by atoms with Crippen LogP contribution in [0, 0.1) is 23.5 Å². The van der Waals surface area contributed by atoms with Crippen LogP contribution in [0.5, 0.6) is 5.75 Å². The number of fused-ring (bicyclic) bond motifs is 5. The van der Waals surface area contributed by atoms with Crippen molar-refractivity contribution in [2.45, 2.75) is 109 Å². The van der Waals surface area contributed by atoms with Crippen LogP contribution in [0.2, 0.25) is 0 Å². The van der Waals surface area contributed by atoms with E-state index in [1.165, 1.54) is 12.1 Å². The number of carbonyl (C=O) groups is 4. The Morgan fingerprint density at radius 1 is 0.721 bits per heavy atom. The number of anilines is 2. The molecule has 2 unspecified atom stereocenters. The predicted octanol–water partition coefficient (Wildman–Crippen LogP) is 9.83. The predicted molar refractivity (Wildman–Crippen MR) is 212 cm³/mol. The third-order valence-electron chi connectivity index (χ3n) is 10.5. The van der Waals surface area contributed by atoms with Crippen molar-refractivity contribution in [3.63, 3.8) is 0 Å². The molecule has 4 aromatic rings. The van der Waals surface area contributed by atoms with Crippen LogP contribution < -0.4 is 15.4 Å². The van der Waals surface area contributed by atoms with E-state index in [1.54, 1.807) is 76.4 Å². The first-order valence-electron chi connectivity index (χ1n) is 19.9. The fraction of sp³-hybridized carbons (Fsp3) is 0.455. The third kappa shape index (κ3) is 9.75. The van der Waals surface area contributed by atoms with Gasteiger partial charge < -0.3 is 29.4 Å². The number of ether oxygens (including phenoxy) is 3. The number of carbonyl (C=O) groups excluding carboxylic acids is 4. The molecule has 0 radical (unpaired) electrons. The number of hydrogen-bond acceptors (Lipinski definition) is 7. The molecule has 4 atom stereocenters. The first-order valence-corrected chi connectivity index (χ1v) is 19.9. The lowest BCUT2D eigenvalue weighted by Crippen LogP contribution is -2.45. The van der Waals surface area contributed by atoms with Gasteiger partial charge in [0.15, 0.2) is 0 Å². The molecule has 0 bridgehead atoms. The normalized spacial score (nSPS) is 22.0. The van der Waals surface area contributed by atoms with Crippen LogP contribution in [0.25, 0.3) is 22.2 Å². The molecule has 61 heavy (non-hydrogen) atoms. The summed E-state index contributed by atoms with van der Waals surface area (Å²) in [6.45, 7) is 8.64. The molecule has 3 amide bonds. The third-order valence-corrected chi connectivity index (χ3v) is 10.5. The van der Waals surface area contributed by atoms with Gasteiger partial charge in [0.25, 0.3) is 5.92 Å². The number of nitrogens with one attached hydrogen (secondary N) is 2. The molecule has 2 aliphatic heterocycles. The zero-order chi connectivity index (χ0) is 44.4. The van der Waals surface area contributed by atoms with Crippen molar-refractivity contribution in [2.24, 2.45) is 11.8 Å². The van der Waals surface area contributed by atoms with E-state index >= 15 is 8.78 Å². The van der Waals surface area contributed by atoms with Gasteiger partial charge in [0.1, 0.15) is 34.6 Å². The maximum Gasteiger partial charge on any atom is 0.411 e. The Hall–Kier alpha value is -5.74. The fourth-order valence-electron chi connectivity index (χ4n) is 8.05. The molecular weight excluding hydrogens is 810 g/mol. The van der Waals surface area contributed by atoms with E-state index in [0.29, 0.717) is 33.1 Å². The minimum atomic E-state index is -3.35. The molecule has 7 rings (SSSR count). The Morgan fingerprint density at radius 3 is 2.00 bits per heavy atom. The van der Waals surface area contributed by atoms with Crippen molar-refractivity contribution in [1.82, 2.24) is 9.47 Å². The van der Waals surface area contributed by atoms with Gasteiger partial charge >= 0.3 is 12.1 Å². The highest BCUT2D eigenvalue weighted by molar-refractivity contribution is 5.99. The van der Waals surface area contributed by atoms with Crippen LogP contribution in [0.4, 0.5) is 42.5 Å². The van der Waals surface area contributed by atoms with Gasteiger partial charge in [0, 0.05) is 65.2 Å². The minimum absolute atomic E-state index is 0.0334. The Bertz CT molecular complexity index is 2380. The van der Waals surface area contributed by atoms with Gasteiger partial charge in [0.05, 0.1) is 23.7 Å². The fourth-order valence-corrected chi connectivity index (χ4v) is 8.05. The summed E-state index contributed by atoms with van der Waals surface area (Å²) in [7, 11) is 0. The van der Waals surface area contributed by atoms with E-state index in [1.807, 2.05) is 0 Å². The van der Waals surface area contributed by atoms with E-state index in [2.05, 4.69) is 10.6 Å². The Balaban J connectivity index is 1.17. The van der Waals surface area contributed by atoms with E-state index in [-0.39, 0.29) is 35.5 Å². The molecule has 2 fully saturated rings. The van der Waals surface area contributed by atoms with Crippen LogP contribution in [-0.2, 0) is 23.9 Å². The van der Waals surface area contributed by atoms with Gasteiger partial charge in [-0.1, -0.05) is 0 Å². The number of aromatic nitrogens is 1. The topological polar surface area (TPSA) is 128 Å². The van der Waals surface area contributed by atoms with E-state index < -0.39 is 108 Å². The lowest BCUT2D eigenvalue weighted by atomic mass is 9.97. The maximum absolute atomic E-state index is 15.1. The summed E-state index contributed by atoms with van der Waals surface area (Å²) in [5.74, 6) is -12.7. The molecule has 1 saturated heterocycles. The van der Waals surface area contributed by atoms with Crippen molar-refractivity contribution in [3.05, 3.63) is 77.9 Å². The molecule has 1 saturated carbocycles. The number of likely N-dealkylation sites (tertiary alicyclic amines) is 1. The molecule has 2 N–H and O–H groups in total. The molecule has 1 aromatic heterocycles. The van der Waals surface area contributed by atoms with Gasteiger partial charge in [-0.3, -0.25) is 19.3 Å². The van der Waals surface area contributed by atoms with E-state index in [0.717, 1.165) is 12.1 Å². The number of esters is 1. The molecule has 11 nitrogen and oxygen atoms in total. The van der Waals surface area contributed by atoms with Gasteiger partial charge in [-0.25, -0.2) is 31.1 Å². The monoisotopic (exact) mass is 856 g/mol. The zero-order valence-electron chi connectivity index (χ0n) is 34.3. The summed E-state index contributed by atoms with van der Waals surface area (Å²) >= 11 is 0. The summed E-state index contributed by atoms with van der Waals surface area (Å²) in [6, 6.07) is 12.4. The highest BCUT2D eigenvalue weighted by atomic mass is 19.3. The number of halogens is 6. The number of amides is 3. The SMILES string of the molecule is CC(C)(C)OC(=O)C1CC[C@H](C(=O)Nc2ccc3c(c2)cc2n3C(c3cc(F)cc(F)c3)Oc3cc(NC(=O)[C@@H]4CC(F)(F)CN4C(=O)OC(C)(C)C)ccc3-2)CC(F)(F)C1. The van der Waals surface area contributed by atoms with Crippen molar-refractivity contribution in [2.75, 3.05) is 17.2 Å². The number of rotatable bonds is 6. The highest BCUT2D eigenvalue weighted by Crippen LogP contribution is 2.46. The Kier molecular flexibility index (Phi) is 11.1. The summed E-state index contributed by atoms with van der Waals surface area (Å²) < 4.78 is 107. The Morgan fingerprint density at radius 2 is 1.33 bits per heavy atom. The number of hydrogen-bond donors (Lipinski definition) is 2. The Labute approximate surface area is 347 Å². The van der Waals surface area contributed by atoms with Gasteiger partial charge in [0.2, 0.25) is 24.0 Å². The molecule has 1 aliphatic carbocycles. The smallest absolute Gasteiger partial charge is 0.411 e. The second-order valence-electron chi connectivity index (χ2n) is 18.0. The second kappa shape index (κ2) is 15.6. The maximum atomic E-state index is 15.1. The summed E-state index contributed by atoms with van der Waals surface area (Å²) in [6.07, 6.45) is -4.59.